The summed E-state index contributed by atoms with van der Waals surface area (Å²) in [5.74, 6) is -1.54. The SMILES string of the molecule is O=C(O)[C@H](Cc1ccccc1)OC(=O)N1CCCCN1C(=O)c1ccccc1. The number of carboxylic acid groups (broad SMARTS) is 1. The summed E-state index contributed by atoms with van der Waals surface area (Å²) in [6, 6.07) is 17.6. The van der Waals surface area contributed by atoms with Crippen LogP contribution in [0.2, 0.25) is 0 Å². The van der Waals surface area contributed by atoms with E-state index in [1.165, 1.54) is 10.0 Å². The summed E-state index contributed by atoms with van der Waals surface area (Å²) in [5, 5.41) is 12.0. The Labute approximate surface area is 163 Å². The summed E-state index contributed by atoms with van der Waals surface area (Å²) in [4.78, 5) is 37.1. The third-order valence-corrected chi connectivity index (χ3v) is 4.53. The molecule has 1 saturated heterocycles. The molecule has 7 nitrogen and oxygen atoms in total. The highest BCUT2D eigenvalue weighted by Gasteiger charge is 2.33. The van der Waals surface area contributed by atoms with Crippen molar-refractivity contribution in [2.45, 2.75) is 25.4 Å². The van der Waals surface area contributed by atoms with Gasteiger partial charge in [-0.05, 0) is 30.5 Å². The van der Waals surface area contributed by atoms with E-state index < -0.39 is 18.2 Å². The molecule has 0 aromatic heterocycles. The van der Waals surface area contributed by atoms with Gasteiger partial charge in [-0.25, -0.2) is 19.6 Å². The van der Waals surface area contributed by atoms with Crippen LogP contribution in [-0.4, -0.2) is 52.3 Å². The first-order chi connectivity index (χ1) is 13.6. The highest BCUT2D eigenvalue weighted by atomic mass is 16.6. The Morgan fingerprint density at radius 1 is 0.893 bits per heavy atom. The molecule has 1 atom stereocenters. The molecular formula is C21H22N2O5. The van der Waals surface area contributed by atoms with E-state index in [0.29, 0.717) is 25.1 Å². The van der Waals surface area contributed by atoms with Gasteiger partial charge < -0.3 is 9.84 Å². The second-order valence-electron chi connectivity index (χ2n) is 6.52. The number of ether oxygens (including phenoxy) is 1. The molecule has 0 radical (unpaired) electrons. The van der Waals surface area contributed by atoms with Gasteiger partial charge in [0.25, 0.3) is 5.91 Å². The second kappa shape index (κ2) is 9.03. The first-order valence-electron chi connectivity index (χ1n) is 9.18. The van der Waals surface area contributed by atoms with Crippen LogP contribution in [0.3, 0.4) is 0 Å². The molecule has 0 spiro atoms. The van der Waals surface area contributed by atoms with Crippen LogP contribution in [0.15, 0.2) is 60.7 Å². The van der Waals surface area contributed by atoms with E-state index >= 15 is 0 Å². The maximum atomic E-state index is 12.8. The van der Waals surface area contributed by atoms with Gasteiger partial charge in [-0.3, -0.25) is 4.79 Å². The molecule has 0 unspecified atom stereocenters. The van der Waals surface area contributed by atoms with Crippen molar-refractivity contribution in [3.63, 3.8) is 0 Å². The van der Waals surface area contributed by atoms with Gasteiger partial charge in [0.15, 0.2) is 0 Å². The highest BCUT2D eigenvalue weighted by Crippen LogP contribution is 2.18. The number of amides is 2. The maximum absolute atomic E-state index is 12.8. The number of carboxylic acids is 1. The zero-order valence-corrected chi connectivity index (χ0v) is 15.4. The molecular weight excluding hydrogens is 360 g/mol. The van der Waals surface area contributed by atoms with Crippen LogP contribution < -0.4 is 0 Å². The molecule has 0 aliphatic carbocycles. The van der Waals surface area contributed by atoms with Gasteiger partial charge in [-0.2, -0.15) is 0 Å². The Morgan fingerprint density at radius 2 is 1.46 bits per heavy atom. The predicted molar refractivity (Wildman–Crippen MR) is 101 cm³/mol. The van der Waals surface area contributed by atoms with Gasteiger partial charge in [0, 0.05) is 25.1 Å². The van der Waals surface area contributed by atoms with Crippen LogP contribution in [-0.2, 0) is 16.0 Å². The predicted octanol–water partition coefficient (Wildman–Crippen LogP) is 2.97. The van der Waals surface area contributed by atoms with Crippen molar-refractivity contribution in [2.24, 2.45) is 0 Å². The number of rotatable bonds is 5. The van der Waals surface area contributed by atoms with Gasteiger partial charge in [0.1, 0.15) is 0 Å². The van der Waals surface area contributed by atoms with E-state index in [9.17, 15) is 19.5 Å². The zero-order valence-electron chi connectivity index (χ0n) is 15.4. The Hall–Kier alpha value is -3.35. The van der Waals surface area contributed by atoms with Gasteiger partial charge in [0.2, 0.25) is 6.10 Å². The number of carbonyl (C=O) groups excluding carboxylic acids is 2. The summed E-state index contributed by atoms with van der Waals surface area (Å²) in [5.41, 5.74) is 1.21. The molecule has 1 aliphatic heterocycles. The quantitative estimate of drug-likeness (QED) is 0.859. The first kappa shape index (κ1) is 19.4. The summed E-state index contributed by atoms with van der Waals surface area (Å²) < 4.78 is 5.27. The Balaban J connectivity index is 1.72. The van der Waals surface area contributed by atoms with Crippen LogP contribution in [0.5, 0.6) is 0 Å². The second-order valence-corrected chi connectivity index (χ2v) is 6.52. The van der Waals surface area contributed by atoms with Crippen molar-refractivity contribution in [3.8, 4) is 0 Å². The van der Waals surface area contributed by atoms with Crippen LogP contribution in [0, 0.1) is 0 Å². The largest absolute Gasteiger partial charge is 0.478 e. The molecule has 146 valence electrons. The fourth-order valence-electron chi connectivity index (χ4n) is 3.09. The van der Waals surface area contributed by atoms with Crippen LogP contribution in [0.4, 0.5) is 4.79 Å². The molecule has 3 rings (SSSR count). The highest BCUT2D eigenvalue weighted by molar-refractivity contribution is 5.95. The first-order valence-corrected chi connectivity index (χ1v) is 9.18. The monoisotopic (exact) mass is 382 g/mol. The lowest BCUT2D eigenvalue weighted by molar-refractivity contribution is -0.148. The van der Waals surface area contributed by atoms with Crippen molar-refractivity contribution >= 4 is 18.0 Å². The van der Waals surface area contributed by atoms with Crippen LogP contribution in [0.25, 0.3) is 0 Å². The number of hydrogen-bond donors (Lipinski definition) is 1. The van der Waals surface area contributed by atoms with Gasteiger partial charge >= 0.3 is 12.1 Å². The average Bonchev–Trinajstić information content (AvgIpc) is 2.74. The van der Waals surface area contributed by atoms with Crippen molar-refractivity contribution in [2.75, 3.05) is 13.1 Å². The van der Waals surface area contributed by atoms with Crippen molar-refractivity contribution < 1.29 is 24.2 Å². The molecule has 0 saturated carbocycles. The average molecular weight is 382 g/mol. The van der Waals surface area contributed by atoms with E-state index in [2.05, 4.69) is 0 Å². The standard InChI is InChI=1S/C21H22N2O5/c24-19(17-11-5-2-6-12-17)22-13-7-8-14-23(22)21(27)28-18(20(25)26)15-16-9-3-1-4-10-16/h1-6,9-12,18H,7-8,13-15H2,(H,25,26)/t18-/m0/s1. The van der Waals surface area contributed by atoms with Crippen LogP contribution in [0.1, 0.15) is 28.8 Å². The molecule has 0 bridgehead atoms. The lowest BCUT2D eigenvalue weighted by Gasteiger charge is -2.38. The minimum atomic E-state index is -1.33. The molecule has 1 heterocycles. The van der Waals surface area contributed by atoms with Crippen molar-refractivity contribution in [3.05, 3.63) is 71.8 Å². The van der Waals surface area contributed by atoms with Gasteiger partial charge in [-0.1, -0.05) is 48.5 Å². The lowest BCUT2D eigenvalue weighted by Crippen LogP contribution is -2.54. The zero-order chi connectivity index (χ0) is 19.9. The molecule has 2 aromatic rings. The molecule has 1 N–H and O–H groups in total. The molecule has 1 aliphatic rings. The summed E-state index contributed by atoms with van der Waals surface area (Å²) in [6.45, 7) is 0.675. The van der Waals surface area contributed by atoms with Crippen LogP contribution >= 0.6 is 0 Å². The molecule has 2 aromatic carbocycles. The molecule has 2 amide bonds. The Bertz CT molecular complexity index is 825. The molecule has 28 heavy (non-hydrogen) atoms. The number of benzene rings is 2. The fourth-order valence-corrected chi connectivity index (χ4v) is 3.09. The third-order valence-electron chi connectivity index (χ3n) is 4.53. The number of nitrogens with zero attached hydrogens (tertiary/aromatic N) is 2. The smallest absolute Gasteiger partial charge is 0.429 e. The normalized spacial score (nSPS) is 15.0. The third kappa shape index (κ3) is 4.68. The summed E-state index contributed by atoms with van der Waals surface area (Å²) in [7, 11) is 0. The van der Waals surface area contributed by atoms with Crippen molar-refractivity contribution in [1.82, 2.24) is 10.0 Å². The maximum Gasteiger partial charge on any atom is 0.429 e. The van der Waals surface area contributed by atoms with E-state index in [-0.39, 0.29) is 12.3 Å². The Kier molecular flexibility index (Phi) is 6.26. The van der Waals surface area contributed by atoms with E-state index in [4.69, 9.17) is 4.74 Å². The molecule has 7 heteroatoms. The number of aliphatic carboxylic acids is 1. The lowest BCUT2D eigenvalue weighted by atomic mass is 10.1. The van der Waals surface area contributed by atoms with Crippen molar-refractivity contribution in [1.29, 1.82) is 0 Å². The summed E-state index contributed by atoms with van der Waals surface area (Å²) >= 11 is 0. The minimum absolute atomic E-state index is 0.0579. The number of hydrogen-bond acceptors (Lipinski definition) is 4. The topological polar surface area (TPSA) is 87.2 Å². The summed E-state index contributed by atoms with van der Waals surface area (Å²) in [6.07, 6.45) is -0.626. The van der Waals surface area contributed by atoms with E-state index in [0.717, 1.165) is 12.0 Å². The van der Waals surface area contributed by atoms with Gasteiger partial charge in [0.05, 0.1) is 0 Å². The molecule has 1 fully saturated rings. The number of hydrazine groups is 1. The van der Waals surface area contributed by atoms with E-state index in [1.54, 1.807) is 54.6 Å². The van der Waals surface area contributed by atoms with Gasteiger partial charge in [-0.15, -0.1) is 0 Å². The number of carbonyl (C=O) groups is 3. The fraction of sp³-hybridized carbons (Fsp3) is 0.286. The van der Waals surface area contributed by atoms with E-state index in [1.807, 2.05) is 6.07 Å². The minimum Gasteiger partial charge on any atom is -0.478 e. The Morgan fingerprint density at radius 3 is 2.07 bits per heavy atom.